The summed E-state index contributed by atoms with van der Waals surface area (Å²) in [6, 6.07) is 21.7. The highest BCUT2D eigenvalue weighted by Crippen LogP contribution is 2.17. The summed E-state index contributed by atoms with van der Waals surface area (Å²) in [5, 5.41) is 6.88. The number of hydrogen-bond acceptors (Lipinski definition) is 3. The first kappa shape index (κ1) is 20.6. The lowest BCUT2D eigenvalue weighted by Crippen LogP contribution is -2.27. The van der Waals surface area contributed by atoms with Crippen LogP contribution >= 0.6 is 12.2 Å². The van der Waals surface area contributed by atoms with Crippen molar-refractivity contribution in [3.05, 3.63) is 89.7 Å². The maximum Gasteiger partial charge on any atom is 0.171 e. The first-order valence-electron chi connectivity index (χ1n) is 9.36. The van der Waals surface area contributed by atoms with Gasteiger partial charge in [-0.1, -0.05) is 30.3 Å². The topological polar surface area (TPSA) is 42.5 Å². The molecule has 6 heteroatoms. The Morgan fingerprint density at radius 1 is 0.897 bits per heavy atom. The van der Waals surface area contributed by atoms with Crippen LogP contribution in [0.1, 0.15) is 18.1 Å². The van der Waals surface area contributed by atoms with Crippen LogP contribution in [0.3, 0.4) is 0 Å². The van der Waals surface area contributed by atoms with Gasteiger partial charge in [-0.3, -0.25) is 0 Å². The molecule has 0 heterocycles. The SMILES string of the molecule is CCOc1cccc(NC(=S)NCc2ccc(OCc3ccc(F)cc3)cc2)c1. The molecule has 2 N–H and O–H groups in total. The lowest BCUT2D eigenvalue weighted by atomic mass is 10.2. The van der Waals surface area contributed by atoms with Crippen LogP contribution in [-0.4, -0.2) is 11.7 Å². The third-order valence-electron chi connectivity index (χ3n) is 4.10. The summed E-state index contributed by atoms with van der Waals surface area (Å²) < 4.78 is 24.1. The van der Waals surface area contributed by atoms with Gasteiger partial charge in [-0.15, -0.1) is 0 Å². The van der Waals surface area contributed by atoms with E-state index in [-0.39, 0.29) is 5.82 Å². The molecule has 0 amide bonds. The van der Waals surface area contributed by atoms with Crippen LogP contribution in [0.5, 0.6) is 11.5 Å². The van der Waals surface area contributed by atoms with E-state index in [9.17, 15) is 4.39 Å². The number of nitrogens with one attached hydrogen (secondary N) is 2. The molecule has 29 heavy (non-hydrogen) atoms. The Labute approximate surface area is 175 Å². The maximum absolute atomic E-state index is 12.9. The van der Waals surface area contributed by atoms with Gasteiger partial charge in [-0.05, 0) is 66.7 Å². The number of hydrogen-bond donors (Lipinski definition) is 2. The van der Waals surface area contributed by atoms with E-state index in [2.05, 4.69) is 10.6 Å². The molecule has 0 aromatic heterocycles. The van der Waals surface area contributed by atoms with Gasteiger partial charge in [0.05, 0.1) is 6.61 Å². The number of ether oxygens (including phenoxy) is 2. The second-order valence-electron chi connectivity index (χ2n) is 6.33. The molecule has 4 nitrogen and oxygen atoms in total. The molecule has 0 unspecified atom stereocenters. The molecule has 0 aliphatic heterocycles. The standard InChI is InChI=1S/C23H23FN2O2S/c1-2-27-22-5-3-4-20(14-22)26-23(29)25-15-17-8-12-21(13-9-17)28-16-18-6-10-19(24)11-7-18/h3-14H,2,15-16H2,1H3,(H2,25,26,29). The molecule has 3 aromatic rings. The van der Waals surface area contributed by atoms with Crippen molar-refractivity contribution < 1.29 is 13.9 Å². The summed E-state index contributed by atoms with van der Waals surface area (Å²) in [5.41, 5.74) is 2.87. The van der Waals surface area contributed by atoms with E-state index in [1.54, 1.807) is 12.1 Å². The minimum atomic E-state index is -0.250. The van der Waals surface area contributed by atoms with Crippen LogP contribution in [0.15, 0.2) is 72.8 Å². The molecule has 0 saturated carbocycles. The predicted molar refractivity (Wildman–Crippen MR) is 118 cm³/mol. The molecule has 150 valence electrons. The Morgan fingerprint density at radius 3 is 2.34 bits per heavy atom. The molecule has 0 aliphatic carbocycles. The van der Waals surface area contributed by atoms with Gasteiger partial charge in [0, 0.05) is 18.3 Å². The average Bonchev–Trinajstić information content (AvgIpc) is 2.73. The second kappa shape index (κ2) is 10.4. The molecule has 3 aromatic carbocycles. The number of halogens is 1. The monoisotopic (exact) mass is 410 g/mol. The Balaban J connectivity index is 1.45. The predicted octanol–water partition coefficient (Wildman–Crippen LogP) is 5.29. The smallest absolute Gasteiger partial charge is 0.171 e. The van der Waals surface area contributed by atoms with Gasteiger partial charge in [0.15, 0.2) is 5.11 Å². The van der Waals surface area contributed by atoms with Crippen molar-refractivity contribution in [2.45, 2.75) is 20.1 Å². The van der Waals surface area contributed by atoms with Crippen LogP contribution in [0, 0.1) is 5.82 Å². The van der Waals surface area contributed by atoms with E-state index in [1.807, 2.05) is 55.5 Å². The highest BCUT2D eigenvalue weighted by atomic mass is 32.1. The average molecular weight is 411 g/mol. The molecule has 0 bridgehead atoms. The number of anilines is 1. The van der Waals surface area contributed by atoms with Crippen LogP contribution in [-0.2, 0) is 13.2 Å². The number of thiocarbonyl (C=S) groups is 1. The van der Waals surface area contributed by atoms with Gasteiger partial charge >= 0.3 is 0 Å². The van der Waals surface area contributed by atoms with Gasteiger partial charge in [-0.25, -0.2) is 4.39 Å². The van der Waals surface area contributed by atoms with Crippen molar-refractivity contribution >= 4 is 23.0 Å². The molecule has 0 fully saturated rings. The minimum Gasteiger partial charge on any atom is -0.494 e. The molecule has 0 saturated heterocycles. The summed E-state index contributed by atoms with van der Waals surface area (Å²) in [5.74, 6) is 1.31. The summed E-state index contributed by atoms with van der Waals surface area (Å²) >= 11 is 5.36. The zero-order valence-corrected chi connectivity index (χ0v) is 17.0. The maximum atomic E-state index is 12.9. The van der Waals surface area contributed by atoms with Gasteiger partial charge in [0.1, 0.15) is 23.9 Å². The van der Waals surface area contributed by atoms with Crippen LogP contribution in [0.25, 0.3) is 0 Å². The second-order valence-corrected chi connectivity index (χ2v) is 6.74. The first-order chi connectivity index (χ1) is 14.1. The summed E-state index contributed by atoms with van der Waals surface area (Å²) in [6.07, 6.45) is 0. The molecule has 3 rings (SSSR count). The van der Waals surface area contributed by atoms with Gasteiger partial charge < -0.3 is 20.1 Å². The summed E-state index contributed by atoms with van der Waals surface area (Å²) in [4.78, 5) is 0. The van der Waals surface area contributed by atoms with E-state index >= 15 is 0 Å². The van der Waals surface area contributed by atoms with E-state index < -0.39 is 0 Å². The number of rotatable bonds is 8. The van der Waals surface area contributed by atoms with Crippen molar-refractivity contribution in [3.8, 4) is 11.5 Å². The van der Waals surface area contributed by atoms with Gasteiger partial charge in [0.25, 0.3) is 0 Å². The van der Waals surface area contributed by atoms with Crippen LogP contribution in [0.4, 0.5) is 10.1 Å². The highest BCUT2D eigenvalue weighted by molar-refractivity contribution is 7.80. The molecular formula is C23H23FN2O2S. The van der Waals surface area contributed by atoms with Crippen molar-refractivity contribution in [1.29, 1.82) is 0 Å². The van der Waals surface area contributed by atoms with E-state index in [0.29, 0.717) is 24.9 Å². The largest absolute Gasteiger partial charge is 0.494 e. The van der Waals surface area contributed by atoms with Crippen molar-refractivity contribution in [2.24, 2.45) is 0 Å². The summed E-state index contributed by atoms with van der Waals surface area (Å²) in [6.45, 7) is 3.56. The molecule has 0 radical (unpaired) electrons. The molecular weight excluding hydrogens is 387 g/mol. The Morgan fingerprint density at radius 2 is 1.62 bits per heavy atom. The van der Waals surface area contributed by atoms with Crippen molar-refractivity contribution in [1.82, 2.24) is 5.32 Å². The van der Waals surface area contributed by atoms with E-state index in [4.69, 9.17) is 21.7 Å². The van der Waals surface area contributed by atoms with E-state index in [1.165, 1.54) is 12.1 Å². The quantitative estimate of drug-likeness (QED) is 0.494. The third-order valence-corrected chi connectivity index (χ3v) is 4.34. The lowest BCUT2D eigenvalue weighted by Gasteiger charge is -2.12. The van der Waals surface area contributed by atoms with Gasteiger partial charge in [0.2, 0.25) is 0 Å². The third kappa shape index (κ3) is 6.76. The van der Waals surface area contributed by atoms with Crippen LogP contribution < -0.4 is 20.1 Å². The highest BCUT2D eigenvalue weighted by Gasteiger charge is 2.02. The molecule has 0 atom stereocenters. The zero-order chi connectivity index (χ0) is 20.5. The Bertz CT molecular complexity index is 930. The molecule has 0 aliphatic rings. The van der Waals surface area contributed by atoms with Crippen LogP contribution in [0.2, 0.25) is 0 Å². The fourth-order valence-electron chi connectivity index (χ4n) is 2.64. The normalized spacial score (nSPS) is 10.3. The Kier molecular flexibility index (Phi) is 7.41. The summed E-state index contributed by atoms with van der Waals surface area (Å²) in [7, 11) is 0. The molecule has 0 spiro atoms. The van der Waals surface area contributed by atoms with Gasteiger partial charge in [-0.2, -0.15) is 0 Å². The number of benzene rings is 3. The Hall–Kier alpha value is -3.12. The fraction of sp³-hybridized carbons (Fsp3) is 0.174. The zero-order valence-electron chi connectivity index (χ0n) is 16.2. The van der Waals surface area contributed by atoms with Crippen molar-refractivity contribution in [3.63, 3.8) is 0 Å². The van der Waals surface area contributed by atoms with E-state index in [0.717, 1.165) is 28.3 Å². The van der Waals surface area contributed by atoms with Crippen molar-refractivity contribution in [2.75, 3.05) is 11.9 Å². The first-order valence-corrected chi connectivity index (χ1v) is 9.77. The lowest BCUT2D eigenvalue weighted by molar-refractivity contribution is 0.306. The fourth-order valence-corrected chi connectivity index (χ4v) is 2.83. The minimum absolute atomic E-state index is 0.250.